The first-order valence-electron chi connectivity index (χ1n) is 7.32. The molecule has 2 aromatic rings. The fourth-order valence-electron chi connectivity index (χ4n) is 1.91. The third kappa shape index (κ3) is 4.97. The number of likely N-dealkylation sites (N-methyl/N-ethyl adjacent to an activating group) is 1. The number of hydrogen-bond donors (Lipinski definition) is 1. The average molecular weight is 337 g/mol. The van der Waals surface area contributed by atoms with Gasteiger partial charge in [0.05, 0.1) is 11.3 Å². The molecule has 23 heavy (non-hydrogen) atoms. The van der Waals surface area contributed by atoms with E-state index in [-0.39, 0.29) is 11.9 Å². The Balaban J connectivity index is 1.96. The molecule has 0 radical (unpaired) electrons. The van der Waals surface area contributed by atoms with E-state index in [4.69, 9.17) is 16.3 Å². The van der Waals surface area contributed by atoms with Crippen LogP contribution in [0.3, 0.4) is 0 Å². The molecule has 0 saturated heterocycles. The van der Waals surface area contributed by atoms with Gasteiger partial charge in [-0.25, -0.2) is 4.98 Å². The third-order valence-corrected chi connectivity index (χ3v) is 3.64. The smallest absolute Gasteiger partial charge is 0.247 e. The van der Waals surface area contributed by atoms with Crippen LogP contribution in [0.5, 0.6) is 5.75 Å². The van der Waals surface area contributed by atoms with Crippen LogP contribution in [-0.2, 0) is 4.79 Å². The molecular formula is C16H21ClN4O2. The number of ether oxygens (including phenoxy) is 1. The summed E-state index contributed by atoms with van der Waals surface area (Å²) in [4.78, 5) is 18.2. The topological polar surface area (TPSA) is 59.4 Å². The van der Waals surface area contributed by atoms with Crippen LogP contribution in [0.4, 0.5) is 5.69 Å². The molecule has 0 aliphatic heterocycles. The van der Waals surface area contributed by atoms with Gasteiger partial charge in [0.1, 0.15) is 18.4 Å². The van der Waals surface area contributed by atoms with E-state index in [1.165, 1.54) is 0 Å². The molecule has 0 aliphatic carbocycles. The van der Waals surface area contributed by atoms with Crippen molar-refractivity contribution in [3.8, 4) is 5.75 Å². The van der Waals surface area contributed by atoms with Crippen LogP contribution in [0.2, 0.25) is 5.02 Å². The van der Waals surface area contributed by atoms with E-state index in [1.54, 1.807) is 48.4 Å². The number of aromatic nitrogens is 2. The SMILES string of the molecule is C[C@@H](C(=O)Nc1ccc(OCCN(C)C)c(Cl)c1)n1ccnc1. The van der Waals surface area contributed by atoms with Gasteiger partial charge < -0.3 is 19.5 Å². The lowest BCUT2D eigenvalue weighted by atomic mass is 10.2. The monoisotopic (exact) mass is 336 g/mol. The molecule has 1 N–H and O–H groups in total. The molecule has 1 aromatic carbocycles. The van der Waals surface area contributed by atoms with Gasteiger partial charge in [0.25, 0.3) is 0 Å². The van der Waals surface area contributed by atoms with Crippen molar-refractivity contribution >= 4 is 23.2 Å². The minimum atomic E-state index is -0.354. The molecule has 1 atom stereocenters. The highest BCUT2D eigenvalue weighted by Crippen LogP contribution is 2.28. The van der Waals surface area contributed by atoms with Crippen LogP contribution < -0.4 is 10.1 Å². The Kier molecular flexibility index (Phi) is 6.01. The van der Waals surface area contributed by atoms with E-state index in [0.717, 1.165) is 6.54 Å². The van der Waals surface area contributed by atoms with Crippen molar-refractivity contribution in [1.82, 2.24) is 14.5 Å². The number of nitrogens with zero attached hydrogens (tertiary/aromatic N) is 3. The number of amides is 1. The Morgan fingerprint density at radius 1 is 1.48 bits per heavy atom. The van der Waals surface area contributed by atoms with E-state index in [0.29, 0.717) is 23.1 Å². The molecule has 1 heterocycles. The summed E-state index contributed by atoms with van der Waals surface area (Å²) in [7, 11) is 3.95. The Morgan fingerprint density at radius 3 is 2.87 bits per heavy atom. The third-order valence-electron chi connectivity index (χ3n) is 3.35. The lowest BCUT2D eigenvalue weighted by molar-refractivity contribution is -0.118. The molecule has 2 rings (SSSR count). The highest BCUT2D eigenvalue weighted by Gasteiger charge is 2.15. The Bertz CT molecular complexity index is 644. The Hall–Kier alpha value is -2.05. The number of nitrogens with one attached hydrogen (secondary N) is 1. The molecule has 124 valence electrons. The molecule has 6 nitrogen and oxygen atoms in total. The van der Waals surface area contributed by atoms with Crippen molar-refractivity contribution in [3.05, 3.63) is 41.9 Å². The minimum Gasteiger partial charge on any atom is -0.491 e. The number of imidazole rings is 1. The van der Waals surface area contributed by atoms with Crippen molar-refractivity contribution in [1.29, 1.82) is 0 Å². The summed E-state index contributed by atoms with van der Waals surface area (Å²) in [5.41, 5.74) is 0.631. The van der Waals surface area contributed by atoms with Gasteiger partial charge in [-0.1, -0.05) is 11.6 Å². The molecule has 1 amide bonds. The number of carbonyl (C=O) groups is 1. The predicted molar refractivity (Wildman–Crippen MR) is 91.1 cm³/mol. The van der Waals surface area contributed by atoms with E-state index in [9.17, 15) is 4.79 Å². The maximum absolute atomic E-state index is 12.2. The fourth-order valence-corrected chi connectivity index (χ4v) is 2.15. The van der Waals surface area contributed by atoms with Gasteiger partial charge in [0.2, 0.25) is 5.91 Å². The highest BCUT2D eigenvalue weighted by molar-refractivity contribution is 6.32. The maximum atomic E-state index is 12.2. The second-order valence-corrected chi connectivity index (χ2v) is 5.88. The molecule has 0 saturated carbocycles. The first-order valence-corrected chi connectivity index (χ1v) is 7.70. The molecule has 0 bridgehead atoms. The van der Waals surface area contributed by atoms with Crippen LogP contribution in [-0.4, -0.2) is 47.6 Å². The van der Waals surface area contributed by atoms with Crippen molar-refractivity contribution in [2.45, 2.75) is 13.0 Å². The number of hydrogen-bond acceptors (Lipinski definition) is 4. The van der Waals surface area contributed by atoms with Crippen molar-refractivity contribution < 1.29 is 9.53 Å². The lowest BCUT2D eigenvalue weighted by Crippen LogP contribution is -2.22. The van der Waals surface area contributed by atoms with E-state index in [2.05, 4.69) is 10.3 Å². The van der Waals surface area contributed by atoms with E-state index >= 15 is 0 Å². The quantitative estimate of drug-likeness (QED) is 0.844. The van der Waals surface area contributed by atoms with Crippen molar-refractivity contribution in [2.24, 2.45) is 0 Å². The summed E-state index contributed by atoms with van der Waals surface area (Å²) in [6, 6.07) is 4.86. The number of rotatable bonds is 7. The number of halogens is 1. The van der Waals surface area contributed by atoms with Crippen molar-refractivity contribution in [2.75, 3.05) is 32.6 Å². The average Bonchev–Trinajstić information content (AvgIpc) is 3.02. The summed E-state index contributed by atoms with van der Waals surface area (Å²) in [5, 5.41) is 3.31. The van der Waals surface area contributed by atoms with Gasteiger partial charge >= 0.3 is 0 Å². The number of carbonyl (C=O) groups excluding carboxylic acids is 1. The molecule has 0 fully saturated rings. The molecule has 1 aromatic heterocycles. The van der Waals surface area contributed by atoms with Crippen LogP contribution >= 0.6 is 11.6 Å². The van der Waals surface area contributed by atoms with Gasteiger partial charge in [-0.15, -0.1) is 0 Å². The zero-order chi connectivity index (χ0) is 16.8. The second-order valence-electron chi connectivity index (χ2n) is 5.47. The second kappa shape index (κ2) is 7.99. The lowest BCUT2D eigenvalue weighted by Gasteiger charge is -2.15. The van der Waals surface area contributed by atoms with Gasteiger partial charge in [-0.3, -0.25) is 4.79 Å². The van der Waals surface area contributed by atoms with Crippen LogP contribution in [0.15, 0.2) is 36.9 Å². The number of benzene rings is 1. The molecule has 0 spiro atoms. The summed E-state index contributed by atoms with van der Waals surface area (Å²) < 4.78 is 7.35. The Labute approximate surface area is 141 Å². The molecule has 0 aliphatic rings. The van der Waals surface area contributed by atoms with Gasteiger partial charge in [0.15, 0.2) is 0 Å². The zero-order valence-electron chi connectivity index (χ0n) is 13.5. The summed E-state index contributed by atoms with van der Waals surface area (Å²) in [6.07, 6.45) is 5.00. The van der Waals surface area contributed by atoms with Crippen LogP contribution in [0.1, 0.15) is 13.0 Å². The minimum absolute atomic E-state index is 0.139. The van der Waals surface area contributed by atoms with E-state index in [1.807, 2.05) is 19.0 Å². The largest absolute Gasteiger partial charge is 0.491 e. The normalized spacial score (nSPS) is 12.2. The predicted octanol–water partition coefficient (Wildman–Crippen LogP) is 2.68. The summed E-state index contributed by atoms with van der Waals surface area (Å²) in [6.45, 7) is 3.16. The standard InChI is InChI=1S/C16H21ClN4O2/c1-12(21-7-6-18-11-21)16(22)19-13-4-5-15(14(17)10-13)23-9-8-20(2)3/h4-7,10-12H,8-9H2,1-3H3,(H,19,22)/t12-/m0/s1. The molecular weight excluding hydrogens is 316 g/mol. The van der Waals surface area contributed by atoms with Crippen LogP contribution in [0, 0.1) is 0 Å². The molecule has 7 heteroatoms. The zero-order valence-corrected chi connectivity index (χ0v) is 14.2. The number of anilines is 1. The summed E-state index contributed by atoms with van der Waals surface area (Å²) in [5.74, 6) is 0.467. The molecule has 0 unspecified atom stereocenters. The highest BCUT2D eigenvalue weighted by atomic mass is 35.5. The fraction of sp³-hybridized carbons (Fsp3) is 0.375. The van der Waals surface area contributed by atoms with Crippen LogP contribution in [0.25, 0.3) is 0 Å². The van der Waals surface area contributed by atoms with Gasteiger partial charge in [-0.05, 0) is 39.2 Å². The van der Waals surface area contributed by atoms with Crippen molar-refractivity contribution in [3.63, 3.8) is 0 Å². The first-order chi connectivity index (χ1) is 11.0. The van der Waals surface area contributed by atoms with Gasteiger partial charge in [-0.2, -0.15) is 0 Å². The Morgan fingerprint density at radius 2 is 2.26 bits per heavy atom. The summed E-state index contributed by atoms with van der Waals surface area (Å²) >= 11 is 6.20. The van der Waals surface area contributed by atoms with Gasteiger partial charge in [0, 0.05) is 24.6 Å². The first kappa shape index (κ1) is 17.3. The van der Waals surface area contributed by atoms with E-state index < -0.39 is 0 Å². The maximum Gasteiger partial charge on any atom is 0.247 e.